The number of rotatable bonds is 9. The minimum atomic E-state index is -1.38. The molecule has 4 aromatic carbocycles. The molecule has 2 atom stereocenters. The van der Waals surface area contributed by atoms with Crippen LogP contribution in [0, 0.1) is 5.82 Å². The third-order valence-electron chi connectivity index (χ3n) is 5.76. The van der Waals surface area contributed by atoms with E-state index in [4.69, 9.17) is 15.2 Å². The van der Waals surface area contributed by atoms with E-state index >= 15 is 0 Å². The fraction of sp³-hybridized carbons (Fsp3) is 0.0645. The van der Waals surface area contributed by atoms with Crippen LogP contribution in [0.2, 0.25) is 0 Å². The molecule has 9 nitrogen and oxygen atoms in total. The highest BCUT2D eigenvalue weighted by atomic mass is 19.1. The molecule has 0 saturated heterocycles. The van der Waals surface area contributed by atoms with Crippen molar-refractivity contribution in [3.05, 3.63) is 132 Å². The fourth-order valence-electron chi connectivity index (χ4n) is 3.75. The summed E-state index contributed by atoms with van der Waals surface area (Å²) < 4.78 is 26.0. The number of carbonyl (C=O) groups is 3. The van der Waals surface area contributed by atoms with Gasteiger partial charge in [0.25, 0.3) is 5.91 Å². The summed E-state index contributed by atoms with van der Waals surface area (Å²) >= 11 is 0. The van der Waals surface area contributed by atoms with Gasteiger partial charge in [0.15, 0.2) is 23.8 Å². The summed E-state index contributed by atoms with van der Waals surface area (Å²) in [6.45, 7) is 0. The molecule has 4 rings (SSSR count). The number of alkyl carbamates (subject to hydrolysis) is 1. The van der Waals surface area contributed by atoms with Gasteiger partial charge in [-0.05, 0) is 60.2 Å². The smallest absolute Gasteiger partial charge is 0.414 e. The SMILES string of the molecule is Nc1ccccc1NC(=O)/C=C/[C@@H](Oc1ccccc1)[C@H](OC(=O)NC(=O)c1ccccc1)c1ccc(O)c(F)c1. The van der Waals surface area contributed by atoms with Crippen LogP contribution in [0.15, 0.2) is 115 Å². The van der Waals surface area contributed by atoms with Gasteiger partial charge in [-0.2, -0.15) is 0 Å². The molecule has 0 aliphatic heterocycles. The number of hydrogen-bond acceptors (Lipinski definition) is 7. The molecule has 10 heteroatoms. The summed E-state index contributed by atoms with van der Waals surface area (Å²) in [7, 11) is 0. The Balaban J connectivity index is 1.64. The number of para-hydroxylation sites is 3. The van der Waals surface area contributed by atoms with Crippen molar-refractivity contribution in [1.82, 2.24) is 5.32 Å². The van der Waals surface area contributed by atoms with Crippen molar-refractivity contribution in [3.8, 4) is 11.5 Å². The van der Waals surface area contributed by atoms with Crippen LogP contribution in [0.4, 0.5) is 20.6 Å². The lowest BCUT2D eigenvalue weighted by Crippen LogP contribution is -2.36. The summed E-state index contributed by atoms with van der Waals surface area (Å²) in [4.78, 5) is 38.1. The van der Waals surface area contributed by atoms with Crippen LogP contribution in [-0.4, -0.2) is 29.1 Å². The van der Waals surface area contributed by atoms with E-state index in [1.807, 2.05) is 0 Å². The average Bonchev–Trinajstić information content (AvgIpc) is 2.98. The molecule has 0 saturated carbocycles. The lowest BCUT2D eigenvalue weighted by atomic mass is 10.0. The Morgan fingerprint density at radius 1 is 0.878 bits per heavy atom. The lowest BCUT2D eigenvalue weighted by Gasteiger charge is -2.26. The zero-order valence-electron chi connectivity index (χ0n) is 21.6. The van der Waals surface area contributed by atoms with Crippen LogP contribution in [0.1, 0.15) is 22.0 Å². The van der Waals surface area contributed by atoms with Gasteiger partial charge in [0.05, 0.1) is 11.4 Å². The molecule has 4 aromatic rings. The molecule has 3 amide bonds. The molecule has 41 heavy (non-hydrogen) atoms. The zero-order chi connectivity index (χ0) is 29.2. The molecule has 0 unspecified atom stereocenters. The van der Waals surface area contributed by atoms with Gasteiger partial charge >= 0.3 is 6.09 Å². The van der Waals surface area contributed by atoms with E-state index in [0.717, 1.165) is 18.2 Å². The van der Waals surface area contributed by atoms with Crippen LogP contribution < -0.4 is 21.1 Å². The number of ether oxygens (including phenoxy) is 2. The largest absolute Gasteiger partial charge is 0.505 e. The number of halogens is 1. The van der Waals surface area contributed by atoms with E-state index in [2.05, 4.69) is 10.6 Å². The van der Waals surface area contributed by atoms with Crippen LogP contribution in [0.3, 0.4) is 0 Å². The maximum Gasteiger partial charge on any atom is 0.414 e. The number of amides is 3. The fourth-order valence-corrected chi connectivity index (χ4v) is 3.75. The maximum absolute atomic E-state index is 14.4. The van der Waals surface area contributed by atoms with Crippen LogP contribution in [0.5, 0.6) is 11.5 Å². The van der Waals surface area contributed by atoms with Gasteiger partial charge in [0.1, 0.15) is 5.75 Å². The zero-order valence-corrected chi connectivity index (χ0v) is 21.6. The third kappa shape index (κ3) is 7.93. The summed E-state index contributed by atoms with van der Waals surface area (Å²) in [5.41, 5.74) is 6.94. The summed E-state index contributed by atoms with van der Waals surface area (Å²) in [5, 5.41) is 14.5. The van der Waals surface area contributed by atoms with E-state index < -0.39 is 41.7 Å². The second kappa shape index (κ2) is 13.4. The quantitative estimate of drug-likeness (QED) is 0.161. The van der Waals surface area contributed by atoms with E-state index in [0.29, 0.717) is 17.1 Å². The first kappa shape index (κ1) is 28.4. The molecule has 0 radical (unpaired) electrons. The Morgan fingerprint density at radius 2 is 1.54 bits per heavy atom. The number of nitrogen functional groups attached to an aromatic ring is 1. The second-order valence-electron chi connectivity index (χ2n) is 8.69. The Kier molecular flexibility index (Phi) is 9.29. The number of imide groups is 1. The van der Waals surface area contributed by atoms with Gasteiger partial charge in [-0.1, -0.05) is 54.6 Å². The Hall–Kier alpha value is -5.64. The van der Waals surface area contributed by atoms with Crippen molar-refractivity contribution < 1.29 is 33.4 Å². The first-order valence-electron chi connectivity index (χ1n) is 12.4. The number of nitrogens with two attached hydrogens (primary N) is 1. The Morgan fingerprint density at radius 3 is 2.22 bits per heavy atom. The van der Waals surface area contributed by atoms with Crippen molar-refractivity contribution in [2.45, 2.75) is 12.2 Å². The summed E-state index contributed by atoms with van der Waals surface area (Å²) in [5.74, 6) is -2.53. The number of aromatic hydroxyl groups is 1. The van der Waals surface area contributed by atoms with Gasteiger partial charge in [0.2, 0.25) is 5.91 Å². The van der Waals surface area contributed by atoms with Gasteiger partial charge in [-0.15, -0.1) is 0 Å². The van der Waals surface area contributed by atoms with E-state index in [9.17, 15) is 23.9 Å². The predicted octanol–water partition coefficient (Wildman–Crippen LogP) is 5.36. The first-order valence-corrected chi connectivity index (χ1v) is 12.4. The molecule has 0 heterocycles. The third-order valence-corrected chi connectivity index (χ3v) is 5.76. The topological polar surface area (TPSA) is 140 Å². The molecule has 208 valence electrons. The highest BCUT2D eigenvalue weighted by Crippen LogP contribution is 2.30. The number of hydrogen-bond donors (Lipinski definition) is 4. The number of phenols is 1. The Bertz CT molecular complexity index is 1550. The van der Waals surface area contributed by atoms with Gasteiger partial charge < -0.3 is 25.6 Å². The van der Waals surface area contributed by atoms with Gasteiger partial charge in [0, 0.05) is 11.6 Å². The van der Waals surface area contributed by atoms with Crippen LogP contribution in [0.25, 0.3) is 0 Å². The first-order chi connectivity index (χ1) is 19.8. The number of phenolic OH excluding ortho intramolecular Hbond substituents is 1. The molecule has 0 bridgehead atoms. The lowest BCUT2D eigenvalue weighted by molar-refractivity contribution is -0.112. The molecular weight excluding hydrogens is 529 g/mol. The second-order valence-corrected chi connectivity index (χ2v) is 8.69. The van der Waals surface area contributed by atoms with Crippen LogP contribution in [-0.2, 0) is 9.53 Å². The van der Waals surface area contributed by atoms with Crippen LogP contribution >= 0.6 is 0 Å². The maximum atomic E-state index is 14.4. The molecule has 0 aromatic heterocycles. The number of anilines is 2. The monoisotopic (exact) mass is 555 g/mol. The van der Waals surface area contributed by atoms with Crippen molar-refractivity contribution in [1.29, 1.82) is 0 Å². The molecule has 0 fully saturated rings. The van der Waals surface area contributed by atoms with Crippen molar-refractivity contribution >= 4 is 29.3 Å². The summed E-state index contributed by atoms with van der Waals surface area (Å²) in [6, 6.07) is 26.5. The molecular formula is C31H26FN3O6. The number of nitrogens with one attached hydrogen (secondary N) is 2. The normalized spacial score (nSPS) is 12.2. The highest BCUT2D eigenvalue weighted by molar-refractivity contribution is 6.03. The Labute approximate surface area is 235 Å². The molecule has 0 spiro atoms. The molecule has 0 aliphatic rings. The van der Waals surface area contributed by atoms with Gasteiger partial charge in [-0.3, -0.25) is 14.9 Å². The molecule has 5 N–H and O–H groups in total. The highest BCUT2D eigenvalue weighted by Gasteiger charge is 2.29. The predicted molar refractivity (Wildman–Crippen MR) is 151 cm³/mol. The minimum Gasteiger partial charge on any atom is -0.505 e. The van der Waals surface area contributed by atoms with E-state index in [1.54, 1.807) is 72.8 Å². The number of carbonyl (C=O) groups excluding carboxylic acids is 3. The van der Waals surface area contributed by atoms with Crippen molar-refractivity contribution in [2.75, 3.05) is 11.1 Å². The minimum absolute atomic E-state index is 0.0842. The average molecular weight is 556 g/mol. The van der Waals surface area contributed by atoms with Crippen molar-refractivity contribution in [2.24, 2.45) is 0 Å². The summed E-state index contributed by atoms with van der Waals surface area (Å²) in [6.07, 6.45) is -1.24. The van der Waals surface area contributed by atoms with E-state index in [-0.39, 0.29) is 11.1 Å². The standard InChI is InChI=1S/C31H26FN3O6/c32-23-19-21(15-16-26(23)36)29(41-31(39)35-30(38)20-9-3-1-4-10-20)27(40-22-11-5-2-6-12-22)17-18-28(37)34-25-14-8-7-13-24(25)33/h1-19,27,29,36H,33H2,(H,34,37)(H,35,38,39)/b18-17+/t27-,29-/m1/s1. The van der Waals surface area contributed by atoms with Crippen molar-refractivity contribution in [3.63, 3.8) is 0 Å². The van der Waals surface area contributed by atoms with E-state index in [1.165, 1.54) is 24.3 Å². The molecule has 0 aliphatic carbocycles. The van der Waals surface area contributed by atoms with Gasteiger partial charge in [-0.25, -0.2) is 9.18 Å². The number of benzene rings is 4.